The van der Waals surface area contributed by atoms with Crippen molar-refractivity contribution in [1.29, 1.82) is 5.26 Å². The molecule has 0 saturated carbocycles. The average molecular weight is 364 g/mol. The molecule has 0 radical (unpaired) electrons. The third kappa shape index (κ3) is 3.61. The Morgan fingerprint density at radius 1 is 1.09 bits per heavy atom. The molecule has 23 heavy (non-hydrogen) atoms. The molecule has 3 rings (SSSR count). The van der Waals surface area contributed by atoms with Gasteiger partial charge >= 0.3 is 0 Å². The average Bonchev–Trinajstić information content (AvgIpc) is 3.02. The van der Waals surface area contributed by atoms with Crippen LogP contribution in [0.1, 0.15) is 16.9 Å². The zero-order chi connectivity index (χ0) is 16.2. The molecule has 0 aliphatic carbocycles. The number of allylic oxidation sites excluding steroid dienone is 1. The minimum atomic E-state index is 0.583. The van der Waals surface area contributed by atoms with Crippen molar-refractivity contribution in [2.24, 2.45) is 0 Å². The maximum atomic E-state index is 9.40. The largest absolute Gasteiger partial charge is 0.457 e. The van der Waals surface area contributed by atoms with E-state index < -0.39 is 0 Å². The van der Waals surface area contributed by atoms with Gasteiger partial charge in [0.15, 0.2) is 0 Å². The molecule has 1 heterocycles. The summed E-state index contributed by atoms with van der Waals surface area (Å²) in [5.74, 6) is 1.44. The van der Waals surface area contributed by atoms with E-state index in [1.807, 2.05) is 67.6 Å². The number of rotatable bonds is 3. The molecule has 2 aromatic carbocycles. The highest BCUT2D eigenvalue weighted by Crippen LogP contribution is 2.27. The highest BCUT2D eigenvalue weighted by atomic mass is 79.9. The SMILES string of the molecule is Cc1ccc(/C(C#N)=C\c2ccc(-c3cccc(Br)c3)o2)cc1. The predicted molar refractivity (Wildman–Crippen MR) is 96.5 cm³/mol. The minimum Gasteiger partial charge on any atom is -0.457 e. The van der Waals surface area contributed by atoms with Crippen LogP contribution in [0.3, 0.4) is 0 Å². The quantitative estimate of drug-likeness (QED) is 0.528. The van der Waals surface area contributed by atoms with Gasteiger partial charge in [-0.25, -0.2) is 0 Å². The van der Waals surface area contributed by atoms with Gasteiger partial charge in [0.05, 0.1) is 11.6 Å². The summed E-state index contributed by atoms with van der Waals surface area (Å²) < 4.78 is 6.85. The Kier molecular flexibility index (Phi) is 4.45. The molecule has 0 aliphatic heterocycles. The lowest BCUT2D eigenvalue weighted by atomic mass is 10.0. The van der Waals surface area contributed by atoms with Crippen LogP contribution in [0.15, 0.2) is 69.6 Å². The second-order valence-corrected chi connectivity index (χ2v) is 6.16. The maximum Gasteiger partial charge on any atom is 0.134 e. The van der Waals surface area contributed by atoms with Crippen LogP contribution in [0.2, 0.25) is 0 Å². The summed E-state index contributed by atoms with van der Waals surface area (Å²) in [5.41, 5.74) is 3.63. The van der Waals surface area contributed by atoms with Gasteiger partial charge in [-0.1, -0.05) is 57.9 Å². The monoisotopic (exact) mass is 363 g/mol. The van der Waals surface area contributed by atoms with Crippen LogP contribution in [0, 0.1) is 18.3 Å². The number of halogens is 1. The summed E-state index contributed by atoms with van der Waals surface area (Å²) in [6.07, 6.45) is 1.77. The Balaban J connectivity index is 1.93. The van der Waals surface area contributed by atoms with E-state index in [1.54, 1.807) is 6.08 Å². The summed E-state index contributed by atoms with van der Waals surface area (Å²) in [6.45, 7) is 2.02. The highest BCUT2D eigenvalue weighted by molar-refractivity contribution is 9.10. The van der Waals surface area contributed by atoms with Crippen molar-refractivity contribution in [3.05, 3.63) is 82.0 Å². The van der Waals surface area contributed by atoms with E-state index in [0.29, 0.717) is 11.3 Å². The first-order valence-corrected chi connectivity index (χ1v) is 7.99. The van der Waals surface area contributed by atoms with Gasteiger partial charge < -0.3 is 4.42 Å². The maximum absolute atomic E-state index is 9.40. The summed E-state index contributed by atoms with van der Waals surface area (Å²) in [4.78, 5) is 0. The van der Waals surface area contributed by atoms with Crippen molar-refractivity contribution in [2.75, 3.05) is 0 Å². The molecule has 0 aliphatic rings. The van der Waals surface area contributed by atoms with E-state index in [-0.39, 0.29) is 0 Å². The standard InChI is InChI=1S/C20H14BrNO/c1-14-5-7-15(8-6-14)17(13-22)12-19-9-10-20(23-19)16-3-2-4-18(21)11-16/h2-12H,1H3/b17-12-. The molecule has 3 heteroatoms. The van der Waals surface area contributed by atoms with Crippen LogP contribution in [0.25, 0.3) is 23.0 Å². The van der Waals surface area contributed by atoms with Gasteiger partial charge in [-0.15, -0.1) is 0 Å². The first-order chi connectivity index (χ1) is 11.2. The Hall–Kier alpha value is -2.57. The van der Waals surface area contributed by atoms with Gasteiger partial charge in [-0.05, 0) is 42.8 Å². The summed E-state index contributed by atoms with van der Waals surface area (Å²) in [6, 6.07) is 21.8. The number of hydrogen-bond donors (Lipinski definition) is 0. The lowest BCUT2D eigenvalue weighted by molar-refractivity contribution is 0.572. The van der Waals surface area contributed by atoms with E-state index in [1.165, 1.54) is 5.56 Å². The van der Waals surface area contributed by atoms with Crippen molar-refractivity contribution in [1.82, 2.24) is 0 Å². The van der Waals surface area contributed by atoms with E-state index in [4.69, 9.17) is 4.42 Å². The number of hydrogen-bond acceptors (Lipinski definition) is 2. The van der Waals surface area contributed by atoms with Gasteiger partial charge in [-0.2, -0.15) is 5.26 Å². The van der Waals surface area contributed by atoms with E-state index in [0.717, 1.165) is 21.4 Å². The Morgan fingerprint density at radius 3 is 2.57 bits per heavy atom. The fourth-order valence-corrected chi connectivity index (χ4v) is 2.68. The lowest BCUT2D eigenvalue weighted by Crippen LogP contribution is -1.81. The smallest absolute Gasteiger partial charge is 0.134 e. The first kappa shape index (κ1) is 15.3. The van der Waals surface area contributed by atoms with Gasteiger partial charge in [-0.3, -0.25) is 0 Å². The van der Waals surface area contributed by atoms with Crippen molar-refractivity contribution >= 4 is 27.6 Å². The van der Waals surface area contributed by atoms with Crippen LogP contribution in [-0.2, 0) is 0 Å². The van der Waals surface area contributed by atoms with Crippen LogP contribution < -0.4 is 0 Å². The third-order valence-electron chi connectivity index (χ3n) is 3.51. The first-order valence-electron chi connectivity index (χ1n) is 7.20. The number of benzene rings is 2. The molecule has 0 atom stereocenters. The number of nitriles is 1. The number of aryl methyl sites for hydroxylation is 1. The summed E-state index contributed by atoms with van der Waals surface area (Å²) in [7, 11) is 0. The molecule has 0 N–H and O–H groups in total. The molecule has 112 valence electrons. The molecular weight excluding hydrogens is 350 g/mol. The molecule has 0 saturated heterocycles. The van der Waals surface area contributed by atoms with Crippen LogP contribution in [0.5, 0.6) is 0 Å². The minimum absolute atomic E-state index is 0.583. The molecule has 2 nitrogen and oxygen atoms in total. The normalized spacial score (nSPS) is 11.3. The van der Waals surface area contributed by atoms with Crippen LogP contribution in [-0.4, -0.2) is 0 Å². The van der Waals surface area contributed by atoms with Crippen LogP contribution in [0.4, 0.5) is 0 Å². The van der Waals surface area contributed by atoms with Crippen molar-refractivity contribution in [2.45, 2.75) is 6.92 Å². The second-order valence-electron chi connectivity index (χ2n) is 5.25. The number of furan rings is 1. The highest BCUT2D eigenvalue weighted by Gasteiger charge is 2.06. The molecular formula is C20H14BrNO. The Bertz CT molecular complexity index is 898. The van der Waals surface area contributed by atoms with E-state index in [2.05, 4.69) is 22.0 Å². The fourth-order valence-electron chi connectivity index (χ4n) is 2.28. The van der Waals surface area contributed by atoms with Crippen molar-refractivity contribution in [3.63, 3.8) is 0 Å². The molecule has 0 bridgehead atoms. The molecule has 0 spiro atoms. The van der Waals surface area contributed by atoms with Crippen molar-refractivity contribution in [3.8, 4) is 17.4 Å². The van der Waals surface area contributed by atoms with Crippen molar-refractivity contribution < 1.29 is 4.42 Å². The molecule has 1 aromatic heterocycles. The Morgan fingerprint density at radius 2 is 1.87 bits per heavy atom. The number of nitrogens with zero attached hydrogens (tertiary/aromatic N) is 1. The zero-order valence-electron chi connectivity index (χ0n) is 12.6. The van der Waals surface area contributed by atoms with Gasteiger partial charge in [0.2, 0.25) is 0 Å². The van der Waals surface area contributed by atoms with Gasteiger partial charge in [0.25, 0.3) is 0 Å². The zero-order valence-corrected chi connectivity index (χ0v) is 14.2. The van der Waals surface area contributed by atoms with Gasteiger partial charge in [0.1, 0.15) is 11.5 Å². The molecule has 0 unspecified atom stereocenters. The third-order valence-corrected chi connectivity index (χ3v) is 4.00. The van der Waals surface area contributed by atoms with Crippen LogP contribution >= 0.6 is 15.9 Å². The molecule has 0 fully saturated rings. The molecule has 0 amide bonds. The summed E-state index contributed by atoms with van der Waals surface area (Å²) in [5, 5.41) is 9.40. The second kappa shape index (κ2) is 6.68. The Labute approximate surface area is 143 Å². The summed E-state index contributed by atoms with van der Waals surface area (Å²) >= 11 is 3.46. The molecule has 3 aromatic rings. The van der Waals surface area contributed by atoms with E-state index >= 15 is 0 Å². The predicted octanol–water partition coefficient (Wildman–Crippen LogP) is 6.08. The lowest BCUT2D eigenvalue weighted by Gasteiger charge is -2.00. The van der Waals surface area contributed by atoms with E-state index in [9.17, 15) is 5.26 Å². The van der Waals surface area contributed by atoms with Gasteiger partial charge in [0, 0.05) is 10.0 Å². The fraction of sp³-hybridized carbons (Fsp3) is 0.0500. The topological polar surface area (TPSA) is 36.9 Å².